The van der Waals surface area contributed by atoms with Gasteiger partial charge in [-0.3, -0.25) is 0 Å². The molecule has 4 heteroatoms. The SMILES string of the molecule is CCNCc1cc(Br)cc(OC)c1OCc1ccccc1. The van der Waals surface area contributed by atoms with Crippen LogP contribution in [0.5, 0.6) is 11.5 Å². The number of rotatable bonds is 7. The molecule has 0 radical (unpaired) electrons. The third kappa shape index (κ3) is 4.48. The summed E-state index contributed by atoms with van der Waals surface area (Å²) in [7, 11) is 1.66. The van der Waals surface area contributed by atoms with Crippen LogP contribution in [0.1, 0.15) is 18.1 Å². The summed E-state index contributed by atoms with van der Waals surface area (Å²) in [4.78, 5) is 0. The molecule has 0 heterocycles. The van der Waals surface area contributed by atoms with E-state index < -0.39 is 0 Å². The molecule has 0 unspecified atom stereocenters. The quantitative estimate of drug-likeness (QED) is 0.814. The van der Waals surface area contributed by atoms with Gasteiger partial charge < -0.3 is 14.8 Å². The summed E-state index contributed by atoms with van der Waals surface area (Å²) >= 11 is 3.51. The molecule has 0 fully saturated rings. The smallest absolute Gasteiger partial charge is 0.166 e. The van der Waals surface area contributed by atoms with E-state index in [-0.39, 0.29) is 0 Å². The zero-order valence-electron chi connectivity index (χ0n) is 12.4. The number of nitrogens with one attached hydrogen (secondary N) is 1. The molecule has 2 rings (SSSR count). The standard InChI is InChI=1S/C17H20BrNO2/c1-3-19-11-14-9-15(18)10-16(20-2)17(14)21-12-13-7-5-4-6-8-13/h4-10,19H,3,11-12H2,1-2H3. The monoisotopic (exact) mass is 349 g/mol. The second-order valence-electron chi connectivity index (χ2n) is 4.65. The van der Waals surface area contributed by atoms with E-state index in [1.54, 1.807) is 7.11 Å². The minimum absolute atomic E-state index is 0.526. The van der Waals surface area contributed by atoms with Crippen molar-refractivity contribution in [3.8, 4) is 11.5 Å². The van der Waals surface area contributed by atoms with Gasteiger partial charge in [0, 0.05) is 16.6 Å². The van der Waals surface area contributed by atoms with Crippen LogP contribution in [-0.2, 0) is 13.2 Å². The van der Waals surface area contributed by atoms with Crippen molar-refractivity contribution >= 4 is 15.9 Å². The van der Waals surface area contributed by atoms with Gasteiger partial charge in [0.1, 0.15) is 6.61 Å². The molecule has 2 aromatic rings. The topological polar surface area (TPSA) is 30.5 Å². The highest BCUT2D eigenvalue weighted by molar-refractivity contribution is 9.10. The highest BCUT2D eigenvalue weighted by atomic mass is 79.9. The Labute approximate surface area is 134 Å². The van der Waals surface area contributed by atoms with Crippen molar-refractivity contribution in [3.05, 3.63) is 58.1 Å². The first-order valence-corrected chi connectivity index (χ1v) is 7.77. The lowest BCUT2D eigenvalue weighted by atomic mass is 10.1. The maximum absolute atomic E-state index is 6.01. The summed E-state index contributed by atoms with van der Waals surface area (Å²) in [6.07, 6.45) is 0. The first-order chi connectivity index (χ1) is 10.2. The van der Waals surface area contributed by atoms with Crippen molar-refractivity contribution < 1.29 is 9.47 Å². The predicted molar refractivity (Wildman–Crippen MR) is 88.8 cm³/mol. The van der Waals surface area contributed by atoms with Crippen LogP contribution in [0.25, 0.3) is 0 Å². The molecular formula is C17H20BrNO2. The Morgan fingerprint density at radius 2 is 1.90 bits per heavy atom. The molecule has 3 nitrogen and oxygen atoms in total. The molecule has 1 N–H and O–H groups in total. The van der Waals surface area contributed by atoms with Gasteiger partial charge in [-0.1, -0.05) is 53.2 Å². The van der Waals surface area contributed by atoms with Crippen LogP contribution >= 0.6 is 15.9 Å². The fourth-order valence-corrected chi connectivity index (χ4v) is 2.54. The Morgan fingerprint density at radius 3 is 2.57 bits per heavy atom. The van der Waals surface area contributed by atoms with Crippen LogP contribution in [0.15, 0.2) is 46.9 Å². The summed E-state index contributed by atoms with van der Waals surface area (Å²) in [5, 5.41) is 3.33. The van der Waals surface area contributed by atoms with Crippen LogP contribution in [0, 0.1) is 0 Å². The molecule has 21 heavy (non-hydrogen) atoms. The van der Waals surface area contributed by atoms with Gasteiger partial charge >= 0.3 is 0 Å². The number of hydrogen-bond acceptors (Lipinski definition) is 3. The van der Waals surface area contributed by atoms with Crippen LogP contribution < -0.4 is 14.8 Å². The minimum Gasteiger partial charge on any atom is -0.493 e. The number of hydrogen-bond donors (Lipinski definition) is 1. The van der Waals surface area contributed by atoms with Crippen molar-refractivity contribution in [3.63, 3.8) is 0 Å². The average Bonchev–Trinajstić information content (AvgIpc) is 2.52. The number of halogens is 1. The maximum atomic E-state index is 6.01. The Hall–Kier alpha value is -1.52. The minimum atomic E-state index is 0.526. The van der Waals surface area contributed by atoms with Crippen LogP contribution in [0.2, 0.25) is 0 Å². The van der Waals surface area contributed by atoms with Crippen molar-refractivity contribution in [1.29, 1.82) is 0 Å². The summed E-state index contributed by atoms with van der Waals surface area (Å²) in [6.45, 7) is 4.26. The molecule has 0 amide bonds. The van der Waals surface area contributed by atoms with E-state index in [0.29, 0.717) is 6.61 Å². The third-order valence-corrected chi connectivity index (χ3v) is 3.57. The lowest BCUT2D eigenvalue weighted by Gasteiger charge is -2.16. The van der Waals surface area contributed by atoms with Gasteiger partial charge in [-0.05, 0) is 24.2 Å². The van der Waals surface area contributed by atoms with Gasteiger partial charge in [-0.15, -0.1) is 0 Å². The summed E-state index contributed by atoms with van der Waals surface area (Å²) in [6, 6.07) is 14.1. The van der Waals surface area contributed by atoms with Gasteiger partial charge in [0.05, 0.1) is 7.11 Å². The molecule has 0 aliphatic heterocycles. The molecule has 0 atom stereocenters. The van der Waals surface area contributed by atoms with Crippen LogP contribution in [0.4, 0.5) is 0 Å². The van der Waals surface area contributed by atoms with E-state index in [1.807, 2.05) is 24.3 Å². The average molecular weight is 350 g/mol. The second kappa shape index (κ2) is 8.05. The van der Waals surface area contributed by atoms with Crippen LogP contribution in [-0.4, -0.2) is 13.7 Å². The van der Waals surface area contributed by atoms with Crippen molar-refractivity contribution in [2.75, 3.05) is 13.7 Å². The van der Waals surface area contributed by atoms with Crippen LogP contribution in [0.3, 0.4) is 0 Å². The summed E-state index contributed by atoms with van der Waals surface area (Å²) in [5.74, 6) is 1.54. The predicted octanol–water partition coefficient (Wildman–Crippen LogP) is 4.15. The molecule has 0 bridgehead atoms. The second-order valence-corrected chi connectivity index (χ2v) is 5.57. The molecule has 2 aromatic carbocycles. The molecule has 0 aliphatic carbocycles. The van der Waals surface area contributed by atoms with E-state index in [1.165, 1.54) is 0 Å². The fourth-order valence-electron chi connectivity index (χ4n) is 2.06. The number of methoxy groups -OCH3 is 1. The van der Waals surface area contributed by atoms with E-state index >= 15 is 0 Å². The van der Waals surface area contributed by atoms with Gasteiger partial charge in [0.25, 0.3) is 0 Å². The van der Waals surface area contributed by atoms with Gasteiger partial charge in [-0.25, -0.2) is 0 Å². The first-order valence-electron chi connectivity index (χ1n) is 6.98. The molecular weight excluding hydrogens is 330 g/mol. The van der Waals surface area contributed by atoms with E-state index in [9.17, 15) is 0 Å². The Balaban J connectivity index is 2.22. The van der Waals surface area contributed by atoms with E-state index in [0.717, 1.165) is 40.2 Å². The molecule has 0 aliphatic rings. The highest BCUT2D eigenvalue weighted by Crippen LogP contribution is 2.35. The van der Waals surface area contributed by atoms with Crippen molar-refractivity contribution in [1.82, 2.24) is 5.32 Å². The number of ether oxygens (including phenoxy) is 2. The molecule has 0 spiro atoms. The van der Waals surface area contributed by atoms with Crippen molar-refractivity contribution in [2.45, 2.75) is 20.1 Å². The molecule has 0 aromatic heterocycles. The summed E-state index contributed by atoms with van der Waals surface area (Å²) in [5.41, 5.74) is 2.22. The van der Waals surface area contributed by atoms with Gasteiger partial charge in [0.2, 0.25) is 0 Å². The Morgan fingerprint density at radius 1 is 1.14 bits per heavy atom. The van der Waals surface area contributed by atoms with E-state index in [2.05, 4.69) is 46.4 Å². The van der Waals surface area contributed by atoms with Gasteiger partial charge in [-0.2, -0.15) is 0 Å². The van der Waals surface area contributed by atoms with E-state index in [4.69, 9.17) is 9.47 Å². The Bertz CT molecular complexity index is 573. The molecule has 0 saturated heterocycles. The first kappa shape index (κ1) is 15.9. The highest BCUT2D eigenvalue weighted by Gasteiger charge is 2.12. The molecule has 112 valence electrons. The maximum Gasteiger partial charge on any atom is 0.166 e. The zero-order chi connectivity index (χ0) is 15.1. The van der Waals surface area contributed by atoms with Crippen molar-refractivity contribution in [2.24, 2.45) is 0 Å². The van der Waals surface area contributed by atoms with Gasteiger partial charge in [0.15, 0.2) is 11.5 Å². The third-order valence-electron chi connectivity index (χ3n) is 3.11. The number of benzene rings is 2. The summed E-state index contributed by atoms with van der Waals surface area (Å²) < 4.78 is 12.4. The molecule has 0 saturated carbocycles. The largest absolute Gasteiger partial charge is 0.493 e. The fraction of sp³-hybridized carbons (Fsp3) is 0.294. The lowest BCUT2D eigenvalue weighted by Crippen LogP contribution is -2.13. The Kier molecular flexibility index (Phi) is 6.08. The normalized spacial score (nSPS) is 10.4. The zero-order valence-corrected chi connectivity index (χ0v) is 13.9. The lowest BCUT2D eigenvalue weighted by molar-refractivity contribution is 0.280.